The normalized spacial score (nSPS) is 10.5. The maximum atomic E-state index is 11.3. The van der Waals surface area contributed by atoms with Crippen molar-refractivity contribution in [1.82, 2.24) is 4.98 Å². The van der Waals surface area contributed by atoms with E-state index in [2.05, 4.69) is 4.98 Å². The summed E-state index contributed by atoms with van der Waals surface area (Å²) >= 11 is 5.92. The summed E-state index contributed by atoms with van der Waals surface area (Å²) in [6, 6.07) is 7.29. The van der Waals surface area contributed by atoms with Crippen LogP contribution >= 0.6 is 11.6 Å². The summed E-state index contributed by atoms with van der Waals surface area (Å²) < 4.78 is 0. The van der Waals surface area contributed by atoms with Gasteiger partial charge in [-0.15, -0.1) is 0 Å². The molecule has 2 aromatic rings. The molecule has 1 heterocycles. The molecule has 1 aromatic heterocycles. The van der Waals surface area contributed by atoms with Crippen LogP contribution in [0.1, 0.15) is 15.9 Å². The molecule has 2 rings (SSSR count). The molecule has 15 heavy (non-hydrogen) atoms. The van der Waals surface area contributed by atoms with Gasteiger partial charge in [0.2, 0.25) is 5.91 Å². The van der Waals surface area contributed by atoms with Gasteiger partial charge in [-0.05, 0) is 18.6 Å². The molecule has 0 spiro atoms. The number of aromatic nitrogens is 1. The first kappa shape index (κ1) is 9.93. The van der Waals surface area contributed by atoms with E-state index in [1.165, 1.54) is 0 Å². The molecule has 0 saturated heterocycles. The number of para-hydroxylation sites is 1. The number of amides is 1. The Kier molecular flexibility index (Phi) is 2.32. The standard InChI is InChI=1S/C11H9ClN2O/c1-6-9(11(13)15)7-4-2-3-5-8(7)14-10(6)12/h2-5H,1H3,(H2,13,15). The summed E-state index contributed by atoms with van der Waals surface area (Å²) in [5.41, 5.74) is 7.08. The number of halogens is 1. The highest BCUT2D eigenvalue weighted by atomic mass is 35.5. The fourth-order valence-corrected chi connectivity index (χ4v) is 1.78. The van der Waals surface area contributed by atoms with Crippen LogP contribution in [0.5, 0.6) is 0 Å². The number of nitrogens with two attached hydrogens (primary N) is 1. The van der Waals surface area contributed by atoms with Gasteiger partial charge in [0.15, 0.2) is 0 Å². The number of hydrogen-bond donors (Lipinski definition) is 1. The Morgan fingerprint density at radius 1 is 1.40 bits per heavy atom. The van der Waals surface area contributed by atoms with Crippen LogP contribution < -0.4 is 5.73 Å². The number of fused-ring (bicyclic) bond motifs is 1. The van der Waals surface area contributed by atoms with Gasteiger partial charge >= 0.3 is 0 Å². The number of benzene rings is 1. The highest BCUT2D eigenvalue weighted by Crippen LogP contribution is 2.25. The lowest BCUT2D eigenvalue weighted by molar-refractivity contribution is 0.100. The topological polar surface area (TPSA) is 56.0 Å². The smallest absolute Gasteiger partial charge is 0.249 e. The lowest BCUT2D eigenvalue weighted by Gasteiger charge is -2.07. The lowest BCUT2D eigenvalue weighted by atomic mass is 10.0. The van der Waals surface area contributed by atoms with Crippen molar-refractivity contribution in [1.29, 1.82) is 0 Å². The second-order valence-corrected chi connectivity index (χ2v) is 3.64. The van der Waals surface area contributed by atoms with Crippen LogP contribution in [0.15, 0.2) is 24.3 Å². The average Bonchev–Trinajstić information content (AvgIpc) is 2.19. The van der Waals surface area contributed by atoms with Crippen molar-refractivity contribution in [3.8, 4) is 0 Å². The molecule has 0 bridgehead atoms. The van der Waals surface area contributed by atoms with E-state index < -0.39 is 5.91 Å². The molecule has 3 nitrogen and oxygen atoms in total. The summed E-state index contributed by atoms with van der Waals surface area (Å²) in [5, 5.41) is 1.06. The Bertz CT molecular complexity index is 552. The van der Waals surface area contributed by atoms with E-state index in [0.717, 1.165) is 5.39 Å². The van der Waals surface area contributed by atoms with Crippen LogP contribution in [0.2, 0.25) is 5.15 Å². The van der Waals surface area contributed by atoms with Crippen molar-refractivity contribution in [3.63, 3.8) is 0 Å². The number of nitrogens with zero attached hydrogens (tertiary/aromatic N) is 1. The molecule has 0 saturated carbocycles. The van der Waals surface area contributed by atoms with Gasteiger partial charge in [-0.2, -0.15) is 0 Å². The van der Waals surface area contributed by atoms with Gasteiger partial charge in [0, 0.05) is 5.39 Å². The van der Waals surface area contributed by atoms with E-state index in [1.807, 2.05) is 18.2 Å². The molecule has 1 aromatic carbocycles. The third-order valence-electron chi connectivity index (χ3n) is 2.32. The summed E-state index contributed by atoms with van der Waals surface area (Å²) in [4.78, 5) is 15.5. The maximum absolute atomic E-state index is 11.3. The molecule has 1 amide bonds. The summed E-state index contributed by atoms with van der Waals surface area (Å²) in [6.45, 7) is 1.74. The molecule has 0 aliphatic carbocycles. The SMILES string of the molecule is Cc1c(Cl)nc2ccccc2c1C(N)=O. The van der Waals surface area contributed by atoms with Gasteiger partial charge < -0.3 is 5.73 Å². The highest BCUT2D eigenvalue weighted by molar-refractivity contribution is 6.31. The number of primary amides is 1. The Balaban J connectivity index is 2.95. The van der Waals surface area contributed by atoms with E-state index in [4.69, 9.17) is 17.3 Å². The predicted molar refractivity (Wildman–Crippen MR) is 60.0 cm³/mol. The van der Waals surface area contributed by atoms with Crippen molar-refractivity contribution in [2.24, 2.45) is 5.73 Å². The van der Waals surface area contributed by atoms with Crippen molar-refractivity contribution in [2.75, 3.05) is 0 Å². The molecule has 0 fully saturated rings. The van der Waals surface area contributed by atoms with Crippen molar-refractivity contribution in [3.05, 3.63) is 40.5 Å². The lowest BCUT2D eigenvalue weighted by Crippen LogP contribution is -2.14. The van der Waals surface area contributed by atoms with Crippen LogP contribution in [-0.2, 0) is 0 Å². The minimum absolute atomic E-state index is 0.322. The zero-order valence-corrected chi connectivity index (χ0v) is 8.88. The van der Waals surface area contributed by atoms with Crippen molar-refractivity contribution >= 4 is 28.4 Å². The molecule has 0 unspecified atom stereocenters. The first-order chi connectivity index (χ1) is 7.11. The fraction of sp³-hybridized carbons (Fsp3) is 0.0909. The third-order valence-corrected chi connectivity index (χ3v) is 2.69. The minimum atomic E-state index is -0.479. The van der Waals surface area contributed by atoms with E-state index in [0.29, 0.717) is 21.8 Å². The molecule has 76 valence electrons. The van der Waals surface area contributed by atoms with E-state index >= 15 is 0 Å². The molecule has 0 aliphatic rings. The van der Waals surface area contributed by atoms with E-state index in [1.54, 1.807) is 13.0 Å². The van der Waals surface area contributed by atoms with Crippen LogP contribution in [0, 0.1) is 6.92 Å². The second kappa shape index (κ2) is 3.51. The molecule has 2 N–H and O–H groups in total. The minimum Gasteiger partial charge on any atom is -0.366 e. The number of pyridine rings is 1. The second-order valence-electron chi connectivity index (χ2n) is 3.28. The van der Waals surface area contributed by atoms with E-state index in [-0.39, 0.29) is 0 Å². The molecule has 0 atom stereocenters. The molecule has 4 heteroatoms. The fourth-order valence-electron chi connectivity index (χ4n) is 1.59. The van der Waals surface area contributed by atoms with Crippen LogP contribution in [0.25, 0.3) is 10.9 Å². The number of carbonyl (C=O) groups is 1. The van der Waals surface area contributed by atoms with Crippen LogP contribution in [0.3, 0.4) is 0 Å². The highest BCUT2D eigenvalue weighted by Gasteiger charge is 2.13. The van der Waals surface area contributed by atoms with Gasteiger partial charge in [-0.1, -0.05) is 29.8 Å². The first-order valence-corrected chi connectivity index (χ1v) is 4.83. The van der Waals surface area contributed by atoms with E-state index in [9.17, 15) is 4.79 Å². The summed E-state index contributed by atoms with van der Waals surface area (Å²) in [6.07, 6.45) is 0. The maximum Gasteiger partial charge on any atom is 0.249 e. The Hall–Kier alpha value is -1.61. The van der Waals surface area contributed by atoms with Gasteiger partial charge in [0.25, 0.3) is 0 Å². The number of hydrogen-bond acceptors (Lipinski definition) is 2. The van der Waals surface area contributed by atoms with Crippen LogP contribution in [-0.4, -0.2) is 10.9 Å². The Labute approximate surface area is 91.9 Å². The number of carbonyl (C=O) groups excluding carboxylic acids is 1. The van der Waals surface area contributed by atoms with Gasteiger partial charge in [-0.25, -0.2) is 4.98 Å². The third kappa shape index (κ3) is 1.55. The molecular weight excluding hydrogens is 212 g/mol. The first-order valence-electron chi connectivity index (χ1n) is 4.46. The monoisotopic (exact) mass is 220 g/mol. The zero-order valence-electron chi connectivity index (χ0n) is 8.12. The van der Waals surface area contributed by atoms with Gasteiger partial charge in [0.05, 0.1) is 11.1 Å². The van der Waals surface area contributed by atoms with Gasteiger partial charge in [-0.3, -0.25) is 4.79 Å². The zero-order chi connectivity index (χ0) is 11.0. The largest absolute Gasteiger partial charge is 0.366 e. The number of rotatable bonds is 1. The molecular formula is C11H9ClN2O. The quantitative estimate of drug-likeness (QED) is 0.750. The Morgan fingerprint density at radius 2 is 2.07 bits per heavy atom. The summed E-state index contributed by atoms with van der Waals surface area (Å²) in [5.74, 6) is -0.479. The predicted octanol–water partition coefficient (Wildman–Crippen LogP) is 2.30. The molecule has 0 aliphatic heterocycles. The summed E-state index contributed by atoms with van der Waals surface area (Å²) in [7, 11) is 0. The van der Waals surface area contributed by atoms with Crippen molar-refractivity contribution in [2.45, 2.75) is 6.92 Å². The van der Waals surface area contributed by atoms with Crippen LogP contribution in [0.4, 0.5) is 0 Å². The average molecular weight is 221 g/mol. The van der Waals surface area contributed by atoms with Gasteiger partial charge in [0.1, 0.15) is 5.15 Å². The Morgan fingerprint density at radius 3 is 2.73 bits per heavy atom. The molecule has 0 radical (unpaired) electrons. The van der Waals surface area contributed by atoms with Crippen molar-refractivity contribution < 1.29 is 4.79 Å².